The van der Waals surface area contributed by atoms with Gasteiger partial charge in [0.05, 0.1) is 5.69 Å². The normalized spacial score (nSPS) is 19.5. The van der Waals surface area contributed by atoms with Crippen LogP contribution in [-0.2, 0) is 15.5 Å². The highest BCUT2D eigenvalue weighted by Crippen LogP contribution is 2.29. The van der Waals surface area contributed by atoms with Gasteiger partial charge in [-0.05, 0) is 25.2 Å². The Morgan fingerprint density at radius 2 is 2.19 bits per heavy atom. The van der Waals surface area contributed by atoms with Crippen molar-refractivity contribution in [3.05, 3.63) is 11.4 Å². The second-order valence-electron chi connectivity index (χ2n) is 5.62. The Bertz CT molecular complexity index is 639. The fraction of sp³-hybridized carbons (Fsp3) is 0.692. The number of amides is 1. The Kier molecular flexibility index (Phi) is 4.63. The summed E-state index contributed by atoms with van der Waals surface area (Å²) >= 11 is 0. The highest BCUT2D eigenvalue weighted by Gasteiger charge is 2.36. The van der Waals surface area contributed by atoms with Gasteiger partial charge in [-0.3, -0.25) is 9.89 Å². The molecular weight excluding hydrogens is 314 g/mol. The second-order valence-corrected chi connectivity index (χ2v) is 8.13. The van der Waals surface area contributed by atoms with E-state index in [0.29, 0.717) is 24.6 Å². The first-order valence-corrected chi connectivity index (χ1v) is 9.41. The summed E-state index contributed by atoms with van der Waals surface area (Å²) in [6, 6.07) is 0.116. The number of hydrogen-bond acceptors (Lipinski definition) is 4. The summed E-state index contributed by atoms with van der Waals surface area (Å²) < 4.78 is 23.5. The fourth-order valence-corrected chi connectivity index (χ4v) is 4.24. The molecule has 1 saturated heterocycles. The molecule has 1 aromatic heterocycles. The van der Waals surface area contributed by atoms with Crippen LogP contribution in [0.25, 0.3) is 0 Å². The summed E-state index contributed by atoms with van der Waals surface area (Å²) in [5.41, 5.74) is 0.281. The van der Waals surface area contributed by atoms with Gasteiger partial charge in [0.25, 0.3) is 15.0 Å². The first-order valence-electron chi connectivity index (χ1n) is 7.10. The molecule has 21 heavy (non-hydrogen) atoms. The number of aromatic nitrogens is 2. The molecule has 2 rings (SSSR count). The van der Waals surface area contributed by atoms with Gasteiger partial charge in [0.1, 0.15) is 4.90 Å². The predicted molar refractivity (Wildman–Crippen MR) is 79.9 cm³/mol. The largest absolute Gasteiger partial charge is 0.334 e. The van der Waals surface area contributed by atoms with E-state index in [1.54, 1.807) is 11.8 Å². The number of hydrogen-bond donors (Lipinski definition) is 1. The van der Waals surface area contributed by atoms with Crippen LogP contribution in [0, 0.1) is 5.92 Å². The van der Waals surface area contributed by atoms with Crippen molar-refractivity contribution in [3.8, 4) is 0 Å². The number of nitrogens with zero attached hydrogens (tertiary/aromatic N) is 2. The standard InChI is InChI=1S/C13H20ClN3O3S/c1-4-9-12(21(14,19)20)11(16-15-9)13(18)17-7-5-6-10(17)8(2)3/h8,10H,4-7H2,1-3H3,(H,15,16). The van der Waals surface area contributed by atoms with E-state index in [4.69, 9.17) is 10.7 Å². The molecule has 1 amide bonds. The summed E-state index contributed by atoms with van der Waals surface area (Å²) in [7, 11) is 1.47. The van der Waals surface area contributed by atoms with Gasteiger partial charge in [0.15, 0.2) is 5.69 Å². The van der Waals surface area contributed by atoms with Gasteiger partial charge in [-0.15, -0.1) is 0 Å². The maximum atomic E-state index is 12.7. The van der Waals surface area contributed by atoms with Crippen LogP contribution in [0.5, 0.6) is 0 Å². The van der Waals surface area contributed by atoms with Crippen molar-refractivity contribution >= 4 is 25.6 Å². The topological polar surface area (TPSA) is 83.1 Å². The van der Waals surface area contributed by atoms with E-state index in [0.717, 1.165) is 12.8 Å². The number of nitrogens with one attached hydrogen (secondary N) is 1. The minimum absolute atomic E-state index is 0.0885. The van der Waals surface area contributed by atoms with Crippen molar-refractivity contribution in [3.63, 3.8) is 0 Å². The number of carbonyl (C=O) groups excluding carboxylic acids is 1. The third-order valence-corrected chi connectivity index (χ3v) is 5.31. The van der Waals surface area contributed by atoms with Gasteiger partial charge in [0, 0.05) is 23.3 Å². The molecule has 1 aliphatic heterocycles. The van der Waals surface area contributed by atoms with Gasteiger partial charge in [-0.2, -0.15) is 5.10 Å². The van der Waals surface area contributed by atoms with Crippen molar-refractivity contribution in [1.82, 2.24) is 15.1 Å². The third kappa shape index (κ3) is 3.08. The number of rotatable bonds is 4. The first kappa shape index (κ1) is 16.3. The minimum atomic E-state index is -4.01. The molecule has 2 heterocycles. The van der Waals surface area contributed by atoms with Gasteiger partial charge in [-0.1, -0.05) is 20.8 Å². The van der Waals surface area contributed by atoms with Crippen molar-refractivity contribution in [1.29, 1.82) is 0 Å². The molecule has 0 aromatic carbocycles. The van der Waals surface area contributed by atoms with E-state index in [9.17, 15) is 13.2 Å². The zero-order valence-corrected chi connectivity index (χ0v) is 14.0. The lowest BCUT2D eigenvalue weighted by Gasteiger charge is -2.27. The Labute approximate surface area is 129 Å². The van der Waals surface area contributed by atoms with Crippen LogP contribution >= 0.6 is 10.7 Å². The van der Waals surface area contributed by atoms with Crippen molar-refractivity contribution in [2.24, 2.45) is 5.92 Å². The second kappa shape index (κ2) is 5.96. The maximum Gasteiger partial charge on any atom is 0.276 e. The van der Waals surface area contributed by atoms with Crippen LogP contribution in [0.3, 0.4) is 0 Å². The van der Waals surface area contributed by atoms with Crippen molar-refractivity contribution in [2.45, 2.75) is 51.0 Å². The van der Waals surface area contributed by atoms with Gasteiger partial charge in [0.2, 0.25) is 0 Å². The summed E-state index contributed by atoms with van der Waals surface area (Å²) in [6.07, 6.45) is 2.26. The monoisotopic (exact) mass is 333 g/mol. The van der Waals surface area contributed by atoms with E-state index in [1.165, 1.54) is 0 Å². The van der Waals surface area contributed by atoms with Crippen LogP contribution in [0.4, 0.5) is 0 Å². The molecule has 118 valence electrons. The van der Waals surface area contributed by atoms with Crippen LogP contribution in [-0.4, -0.2) is 42.0 Å². The molecule has 0 spiro atoms. The number of H-pyrrole nitrogens is 1. The lowest BCUT2D eigenvalue weighted by molar-refractivity contribution is 0.0691. The van der Waals surface area contributed by atoms with Crippen molar-refractivity contribution < 1.29 is 13.2 Å². The number of aromatic amines is 1. The first-order chi connectivity index (χ1) is 9.77. The van der Waals surface area contributed by atoms with Gasteiger partial charge >= 0.3 is 0 Å². The van der Waals surface area contributed by atoms with E-state index < -0.39 is 9.05 Å². The molecule has 1 aromatic rings. The predicted octanol–water partition coefficient (Wildman–Crippen LogP) is 2.16. The van der Waals surface area contributed by atoms with E-state index in [1.807, 2.05) is 0 Å². The quantitative estimate of drug-likeness (QED) is 0.856. The molecule has 1 aliphatic rings. The molecule has 1 fully saturated rings. The zero-order chi connectivity index (χ0) is 15.8. The molecule has 1 atom stereocenters. The average molecular weight is 334 g/mol. The highest BCUT2D eigenvalue weighted by molar-refractivity contribution is 8.13. The lowest BCUT2D eigenvalue weighted by Crippen LogP contribution is -2.39. The van der Waals surface area contributed by atoms with E-state index in [-0.39, 0.29) is 22.5 Å². The SMILES string of the molecule is CCc1[nH]nc(C(=O)N2CCCC2C(C)C)c1S(=O)(=O)Cl. The number of aryl methyl sites for hydroxylation is 1. The Morgan fingerprint density at radius 1 is 1.52 bits per heavy atom. The van der Waals surface area contributed by atoms with Crippen LogP contribution < -0.4 is 0 Å². The highest BCUT2D eigenvalue weighted by atomic mass is 35.7. The molecule has 1 N–H and O–H groups in total. The Hall–Kier alpha value is -1.08. The third-order valence-electron chi connectivity index (χ3n) is 3.92. The molecule has 6 nitrogen and oxygen atoms in total. The molecule has 0 aliphatic carbocycles. The summed E-state index contributed by atoms with van der Waals surface area (Å²) in [5, 5.41) is 6.53. The van der Waals surface area contributed by atoms with Gasteiger partial charge in [-0.25, -0.2) is 8.42 Å². The van der Waals surface area contributed by atoms with E-state index >= 15 is 0 Å². The molecule has 0 bridgehead atoms. The summed E-state index contributed by atoms with van der Waals surface area (Å²) in [6.45, 7) is 6.51. The number of carbonyl (C=O) groups is 1. The molecule has 0 radical (unpaired) electrons. The van der Waals surface area contributed by atoms with Crippen LogP contribution in [0.15, 0.2) is 4.90 Å². The van der Waals surface area contributed by atoms with Crippen LogP contribution in [0.2, 0.25) is 0 Å². The molecule has 1 unspecified atom stereocenters. The van der Waals surface area contributed by atoms with Crippen molar-refractivity contribution in [2.75, 3.05) is 6.54 Å². The lowest BCUT2D eigenvalue weighted by atomic mass is 10.0. The van der Waals surface area contributed by atoms with E-state index in [2.05, 4.69) is 24.0 Å². The van der Waals surface area contributed by atoms with Crippen LogP contribution in [0.1, 0.15) is 49.8 Å². The Morgan fingerprint density at radius 3 is 2.71 bits per heavy atom. The molecule has 0 saturated carbocycles. The smallest absolute Gasteiger partial charge is 0.276 e. The molecular formula is C13H20ClN3O3S. The zero-order valence-electron chi connectivity index (χ0n) is 12.4. The minimum Gasteiger partial charge on any atom is -0.334 e. The maximum absolute atomic E-state index is 12.7. The Balaban J connectivity index is 2.43. The average Bonchev–Trinajstić information content (AvgIpc) is 3.03. The van der Waals surface area contributed by atoms with Gasteiger partial charge < -0.3 is 4.90 Å². The summed E-state index contributed by atoms with van der Waals surface area (Å²) in [5.74, 6) is -0.0431. The summed E-state index contributed by atoms with van der Waals surface area (Å²) in [4.78, 5) is 14.2. The number of halogens is 1. The number of likely N-dealkylation sites (tertiary alicyclic amines) is 1. The fourth-order valence-electron chi connectivity index (χ4n) is 2.89. The molecule has 8 heteroatoms.